The summed E-state index contributed by atoms with van der Waals surface area (Å²) >= 11 is 0. The number of sulfonamides is 1. The number of hydrogen-bond acceptors (Lipinski definition) is 4. The summed E-state index contributed by atoms with van der Waals surface area (Å²) in [6, 6.07) is 2.43. The maximum atomic E-state index is 13.3. The summed E-state index contributed by atoms with van der Waals surface area (Å²) in [4.78, 5) is 12.4. The summed E-state index contributed by atoms with van der Waals surface area (Å²) < 4.78 is 60.1. The Morgan fingerprint density at radius 1 is 1.36 bits per heavy atom. The first kappa shape index (κ1) is 17.4. The number of aryl methyl sites for hydroxylation is 1. The van der Waals surface area contributed by atoms with E-state index >= 15 is 0 Å². The zero-order valence-electron chi connectivity index (χ0n) is 13.3. The number of ether oxygens (including phenoxy) is 1. The molecule has 0 saturated carbocycles. The van der Waals surface area contributed by atoms with E-state index in [1.807, 2.05) is 0 Å². The number of amides is 1. The lowest BCUT2D eigenvalue weighted by Gasteiger charge is -2.11. The Morgan fingerprint density at radius 2 is 2.08 bits per heavy atom. The third-order valence-electron chi connectivity index (χ3n) is 3.62. The van der Waals surface area contributed by atoms with Gasteiger partial charge in [-0.2, -0.15) is 0 Å². The van der Waals surface area contributed by atoms with E-state index < -0.39 is 33.6 Å². The summed E-state index contributed by atoms with van der Waals surface area (Å²) in [6.45, 7) is 1.67. The zero-order valence-corrected chi connectivity index (χ0v) is 14.2. The predicted octanol–water partition coefficient (Wildman–Crippen LogP) is 1.61. The van der Waals surface area contributed by atoms with Crippen molar-refractivity contribution in [2.24, 2.45) is 7.05 Å². The van der Waals surface area contributed by atoms with Crippen molar-refractivity contribution in [3.63, 3.8) is 0 Å². The number of carbonyl (C=O) groups excluding carboxylic acids is 1. The second kappa shape index (κ2) is 6.12. The first-order valence-corrected chi connectivity index (χ1v) is 8.78. The largest absolute Gasteiger partial charge is 0.488 e. The van der Waals surface area contributed by atoms with Gasteiger partial charge in [-0.05, 0) is 19.1 Å². The lowest BCUT2D eigenvalue weighted by Crippen LogP contribution is -2.34. The van der Waals surface area contributed by atoms with Crippen molar-refractivity contribution in [3.05, 3.63) is 41.7 Å². The van der Waals surface area contributed by atoms with Crippen LogP contribution in [0.3, 0.4) is 0 Å². The Hall–Kier alpha value is -2.46. The highest BCUT2D eigenvalue weighted by Gasteiger charge is 2.33. The summed E-state index contributed by atoms with van der Waals surface area (Å²) in [5.41, 5.74) is -0.0129. The Morgan fingerprint density at radius 3 is 2.76 bits per heavy atom. The van der Waals surface area contributed by atoms with Gasteiger partial charge in [-0.1, -0.05) is 0 Å². The van der Waals surface area contributed by atoms with Crippen LogP contribution in [0, 0.1) is 11.6 Å². The molecular formula is C15H15F2N3O4S. The Bertz CT molecular complexity index is 956. The Kier molecular flexibility index (Phi) is 4.25. The summed E-state index contributed by atoms with van der Waals surface area (Å²) in [5, 5.41) is 2.40. The van der Waals surface area contributed by atoms with Crippen LogP contribution in [0.1, 0.15) is 17.4 Å². The lowest BCUT2D eigenvalue weighted by molar-refractivity contribution is 0.101. The number of rotatable bonds is 2. The molecular weight excluding hydrogens is 356 g/mol. The fourth-order valence-electron chi connectivity index (χ4n) is 2.51. The van der Waals surface area contributed by atoms with E-state index in [9.17, 15) is 22.0 Å². The second-order valence-electron chi connectivity index (χ2n) is 5.70. The van der Waals surface area contributed by atoms with Crippen LogP contribution in [0.25, 0.3) is 0 Å². The van der Waals surface area contributed by atoms with Crippen molar-refractivity contribution in [1.82, 2.24) is 9.29 Å². The molecule has 0 saturated heterocycles. The van der Waals surface area contributed by atoms with Crippen molar-refractivity contribution in [3.8, 4) is 5.75 Å². The number of benzene rings is 1. The topological polar surface area (TPSA) is 89.4 Å². The standard InChI is InChI=1S/C15H15F2N3O4S/c1-8-7-24-14-12(25(22,23)19-8)6-20(2)13(14)15(21)18-9-3-4-10(16)11(17)5-9/h3-6,8,19H,7H2,1-2H3,(H,18,21)/t8-/m1/s1. The molecule has 0 fully saturated rings. The molecule has 3 rings (SSSR count). The molecule has 2 heterocycles. The van der Waals surface area contributed by atoms with E-state index in [2.05, 4.69) is 10.0 Å². The SMILES string of the molecule is C[C@@H]1COc2c(cn(C)c2C(=O)Nc2ccc(F)c(F)c2)S(=O)(=O)N1. The number of nitrogens with one attached hydrogen (secondary N) is 2. The molecule has 0 bridgehead atoms. The van der Waals surface area contributed by atoms with E-state index in [0.717, 1.165) is 12.1 Å². The Labute approximate surface area is 142 Å². The van der Waals surface area contributed by atoms with E-state index in [1.165, 1.54) is 23.9 Å². The van der Waals surface area contributed by atoms with Gasteiger partial charge in [0, 0.05) is 25.0 Å². The minimum absolute atomic E-state index is 0.0295. The fourth-order valence-corrected chi connectivity index (χ4v) is 3.93. The van der Waals surface area contributed by atoms with Crippen LogP contribution < -0.4 is 14.8 Å². The molecule has 0 aliphatic carbocycles. The van der Waals surface area contributed by atoms with Gasteiger partial charge in [0.25, 0.3) is 5.91 Å². The molecule has 0 radical (unpaired) electrons. The molecule has 1 aromatic heterocycles. The van der Waals surface area contributed by atoms with Crippen LogP contribution in [0.2, 0.25) is 0 Å². The number of carbonyl (C=O) groups is 1. The molecule has 10 heteroatoms. The molecule has 1 aliphatic rings. The number of halogens is 2. The molecule has 2 aromatic rings. The third-order valence-corrected chi connectivity index (χ3v) is 5.20. The minimum Gasteiger partial charge on any atom is -0.488 e. The quantitative estimate of drug-likeness (QED) is 0.839. The third kappa shape index (κ3) is 3.22. The maximum absolute atomic E-state index is 13.3. The van der Waals surface area contributed by atoms with E-state index in [1.54, 1.807) is 6.92 Å². The summed E-state index contributed by atoms with van der Waals surface area (Å²) in [7, 11) is -2.35. The maximum Gasteiger partial charge on any atom is 0.276 e. The van der Waals surface area contributed by atoms with Crippen LogP contribution in [-0.4, -0.2) is 31.5 Å². The van der Waals surface area contributed by atoms with Gasteiger partial charge in [0.05, 0.1) is 6.04 Å². The number of anilines is 1. The summed E-state index contributed by atoms with van der Waals surface area (Å²) in [6.07, 6.45) is 1.26. The van der Waals surface area contributed by atoms with Gasteiger partial charge in [-0.25, -0.2) is 21.9 Å². The Balaban J connectivity index is 1.99. The molecule has 0 spiro atoms. The van der Waals surface area contributed by atoms with Crippen LogP contribution in [0.4, 0.5) is 14.5 Å². The first-order valence-electron chi connectivity index (χ1n) is 7.30. The molecule has 2 N–H and O–H groups in total. The smallest absolute Gasteiger partial charge is 0.276 e. The monoisotopic (exact) mass is 371 g/mol. The minimum atomic E-state index is -3.83. The molecule has 1 aromatic carbocycles. The fraction of sp³-hybridized carbons (Fsp3) is 0.267. The highest BCUT2D eigenvalue weighted by molar-refractivity contribution is 7.89. The highest BCUT2D eigenvalue weighted by Crippen LogP contribution is 2.32. The molecule has 1 atom stereocenters. The van der Waals surface area contributed by atoms with Gasteiger partial charge < -0.3 is 14.6 Å². The normalized spacial score (nSPS) is 18.8. The van der Waals surface area contributed by atoms with Crippen molar-refractivity contribution < 1.29 is 26.7 Å². The molecule has 134 valence electrons. The van der Waals surface area contributed by atoms with Crippen LogP contribution in [0.5, 0.6) is 5.75 Å². The van der Waals surface area contributed by atoms with E-state index in [-0.39, 0.29) is 28.6 Å². The predicted molar refractivity (Wildman–Crippen MR) is 85.0 cm³/mol. The van der Waals surface area contributed by atoms with Crippen LogP contribution in [0.15, 0.2) is 29.3 Å². The van der Waals surface area contributed by atoms with Crippen molar-refractivity contribution >= 4 is 21.6 Å². The highest BCUT2D eigenvalue weighted by atomic mass is 32.2. The average Bonchev–Trinajstić information content (AvgIpc) is 2.81. The van der Waals surface area contributed by atoms with E-state index in [0.29, 0.717) is 0 Å². The molecule has 1 amide bonds. The van der Waals surface area contributed by atoms with Crippen molar-refractivity contribution in [1.29, 1.82) is 0 Å². The van der Waals surface area contributed by atoms with Gasteiger partial charge in [0.1, 0.15) is 11.5 Å². The number of nitrogens with zero attached hydrogens (tertiary/aromatic N) is 1. The van der Waals surface area contributed by atoms with Crippen LogP contribution >= 0.6 is 0 Å². The van der Waals surface area contributed by atoms with Crippen LogP contribution in [-0.2, 0) is 17.1 Å². The van der Waals surface area contributed by atoms with Crippen molar-refractivity contribution in [2.75, 3.05) is 11.9 Å². The molecule has 25 heavy (non-hydrogen) atoms. The van der Waals surface area contributed by atoms with E-state index in [4.69, 9.17) is 4.74 Å². The van der Waals surface area contributed by atoms with Gasteiger partial charge >= 0.3 is 0 Å². The molecule has 7 nitrogen and oxygen atoms in total. The molecule has 1 aliphatic heterocycles. The average molecular weight is 371 g/mol. The number of hydrogen-bond donors (Lipinski definition) is 2. The summed E-state index contributed by atoms with van der Waals surface area (Å²) in [5.74, 6) is -2.94. The van der Waals surface area contributed by atoms with Gasteiger partial charge in [-0.3, -0.25) is 4.79 Å². The second-order valence-corrected chi connectivity index (χ2v) is 7.38. The zero-order chi connectivity index (χ0) is 18.4. The van der Waals surface area contributed by atoms with Gasteiger partial charge in [-0.15, -0.1) is 0 Å². The molecule has 0 unspecified atom stereocenters. The van der Waals surface area contributed by atoms with Gasteiger partial charge in [0.2, 0.25) is 10.0 Å². The number of aromatic nitrogens is 1. The lowest BCUT2D eigenvalue weighted by atomic mass is 10.2. The van der Waals surface area contributed by atoms with Gasteiger partial charge in [0.15, 0.2) is 23.1 Å². The number of fused-ring (bicyclic) bond motifs is 1. The first-order chi connectivity index (χ1) is 11.7. The van der Waals surface area contributed by atoms with Crippen molar-refractivity contribution in [2.45, 2.75) is 17.9 Å².